The zero-order valence-corrected chi connectivity index (χ0v) is 15.7. The molecule has 0 aliphatic carbocycles. The summed E-state index contributed by atoms with van der Waals surface area (Å²) in [6.45, 7) is 8.59. The number of methoxy groups -OCH3 is 1. The highest BCUT2D eigenvalue weighted by molar-refractivity contribution is 5.92. The highest BCUT2D eigenvalue weighted by atomic mass is 16.5. The Bertz CT molecular complexity index is 725. The maximum Gasteiger partial charge on any atom is 0.270 e. The smallest absolute Gasteiger partial charge is 0.270 e. The molecule has 0 saturated heterocycles. The lowest BCUT2D eigenvalue weighted by atomic mass is 9.77. The van der Waals surface area contributed by atoms with Gasteiger partial charge in [0.1, 0.15) is 17.3 Å². The molecule has 1 aromatic carbocycles. The molecule has 2 aromatic rings. The van der Waals surface area contributed by atoms with Crippen molar-refractivity contribution >= 4 is 5.91 Å². The van der Waals surface area contributed by atoms with E-state index in [1.165, 1.54) is 5.56 Å². The topological polar surface area (TPSA) is 64.1 Å². The van der Waals surface area contributed by atoms with Crippen molar-refractivity contribution in [2.75, 3.05) is 13.7 Å². The molecule has 0 saturated carbocycles. The fourth-order valence-electron chi connectivity index (χ4n) is 3.02. The SMILES string of the molecule is CC[C@](C)(CCNC(=O)c1cc(C)nc(C)n1)c1ccccc1OC. The normalized spacial score (nSPS) is 13.2. The molecule has 0 radical (unpaired) electrons. The number of nitrogens with one attached hydrogen (secondary N) is 1. The molecule has 0 aliphatic rings. The Morgan fingerprint density at radius 3 is 2.60 bits per heavy atom. The highest BCUT2D eigenvalue weighted by Crippen LogP contribution is 2.36. The van der Waals surface area contributed by atoms with Crippen LogP contribution in [0, 0.1) is 13.8 Å². The average Bonchev–Trinajstić information content (AvgIpc) is 2.60. The van der Waals surface area contributed by atoms with E-state index in [1.807, 2.05) is 25.1 Å². The maximum atomic E-state index is 12.4. The zero-order valence-electron chi connectivity index (χ0n) is 15.7. The van der Waals surface area contributed by atoms with Crippen molar-refractivity contribution in [1.82, 2.24) is 15.3 Å². The highest BCUT2D eigenvalue weighted by Gasteiger charge is 2.27. The molecule has 5 nitrogen and oxygen atoms in total. The Kier molecular flexibility index (Phi) is 6.12. The van der Waals surface area contributed by atoms with E-state index < -0.39 is 0 Å². The Hall–Kier alpha value is -2.43. The van der Waals surface area contributed by atoms with Crippen molar-refractivity contribution < 1.29 is 9.53 Å². The van der Waals surface area contributed by atoms with Gasteiger partial charge in [-0.3, -0.25) is 4.79 Å². The number of hydrogen-bond acceptors (Lipinski definition) is 4. The molecular weight excluding hydrogens is 314 g/mol. The summed E-state index contributed by atoms with van der Waals surface area (Å²) in [6.07, 6.45) is 1.77. The third kappa shape index (κ3) is 4.56. The van der Waals surface area contributed by atoms with E-state index in [4.69, 9.17) is 4.74 Å². The van der Waals surface area contributed by atoms with Crippen LogP contribution >= 0.6 is 0 Å². The van der Waals surface area contributed by atoms with Crippen molar-refractivity contribution in [2.24, 2.45) is 0 Å². The predicted molar refractivity (Wildman–Crippen MR) is 99.1 cm³/mol. The minimum Gasteiger partial charge on any atom is -0.496 e. The summed E-state index contributed by atoms with van der Waals surface area (Å²) in [5, 5.41) is 2.98. The fraction of sp³-hybridized carbons (Fsp3) is 0.450. The van der Waals surface area contributed by atoms with Crippen molar-refractivity contribution in [2.45, 2.75) is 46.0 Å². The van der Waals surface area contributed by atoms with Crippen LogP contribution in [0.1, 0.15) is 54.3 Å². The van der Waals surface area contributed by atoms with Crippen LogP contribution in [0.25, 0.3) is 0 Å². The first-order valence-corrected chi connectivity index (χ1v) is 8.63. The fourth-order valence-corrected chi connectivity index (χ4v) is 3.02. The Labute approximate surface area is 149 Å². The summed E-state index contributed by atoms with van der Waals surface area (Å²) in [4.78, 5) is 20.8. The molecule has 0 aliphatic heterocycles. The molecule has 25 heavy (non-hydrogen) atoms. The van der Waals surface area contributed by atoms with Gasteiger partial charge in [-0.1, -0.05) is 32.0 Å². The largest absolute Gasteiger partial charge is 0.496 e. The van der Waals surface area contributed by atoms with Gasteiger partial charge in [0.2, 0.25) is 0 Å². The minimum atomic E-state index is -0.160. The van der Waals surface area contributed by atoms with Gasteiger partial charge in [-0.05, 0) is 44.2 Å². The third-order valence-corrected chi connectivity index (χ3v) is 4.70. The lowest BCUT2D eigenvalue weighted by Crippen LogP contribution is -2.32. The molecule has 1 atom stereocenters. The number of aromatic nitrogens is 2. The molecule has 0 fully saturated rings. The molecule has 134 valence electrons. The Balaban J connectivity index is 2.06. The van der Waals surface area contributed by atoms with Gasteiger partial charge in [-0.15, -0.1) is 0 Å². The summed E-state index contributed by atoms with van der Waals surface area (Å²) in [5.74, 6) is 1.34. The second-order valence-corrected chi connectivity index (χ2v) is 6.56. The number of benzene rings is 1. The minimum absolute atomic E-state index is 0.0720. The van der Waals surface area contributed by atoms with Crippen LogP contribution in [0.3, 0.4) is 0 Å². The van der Waals surface area contributed by atoms with E-state index in [1.54, 1.807) is 20.1 Å². The van der Waals surface area contributed by atoms with Crippen LogP contribution in [0.2, 0.25) is 0 Å². The number of nitrogens with zero attached hydrogens (tertiary/aromatic N) is 2. The summed E-state index contributed by atoms with van der Waals surface area (Å²) in [6, 6.07) is 9.79. The second-order valence-electron chi connectivity index (χ2n) is 6.56. The first-order valence-electron chi connectivity index (χ1n) is 8.63. The van der Waals surface area contributed by atoms with Gasteiger partial charge in [-0.2, -0.15) is 0 Å². The van der Waals surface area contributed by atoms with E-state index in [0.717, 1.165) is 24.3 Å². The zero-order chi connectivity index (χ0) is 18.4. The van der Waals surface area contributed by atoms with Gasteiger partial charge in [0, 0.05) is 17.8 Å². The second kappa shape index (κ2) is 8.10. The molecule has 5 heteroatoms. The molecular formula is C20H27N3O2. The lowest BCUT2D eigenvalue weighted by Gasteiger charge is -2.30. The molecule has 1 aromatic heterocycles. The number of aryl methyl sites for hydroxylation is 2. The van der Waals surface area contributed by atoms with Crippen molar-refractivity contribution in [3.05, 3.63) is 53.1 Å². The number of amides is 1. The van der Waals surface area contributed by atoms with Gasteiger partial charge >= 0.3 is 0 Å². The van der Waals surface area contributed by atoms with E-state index in [-0.39, 0.29) is 11.3 Å². The van der Waals surface area contributed by atoms with Gasteiger partial charge < -0.3 is 10.1 Å². The van der Waals surface area contributed by atoms with Crippen LogP contribution in [-0.2, 0) is 5.41 Å². The molecule has 2 rings (SSSR count). The first kappa shape index (κ1) is 18.9. The van der Waals surface area contributed by atoms with Crippen molar-refractivity contribution in [3.63, 3.8) is 0 Å². The Morgan fingerprint density at radius 2 is 1.96 bits per heavy atom. The van der Waals surface area contributed by atoms with E-state index >= 15 is 0 Å². The molecule has 1 heterocycles. The van der Waals surface area contributed by atoms with Crippen LogP contribution in [0.15, 0.2) is 30.3 Å². The summed E-state index contributed by atoms with van der Waals surface area (Å²) < 4.78 is 5.51. The number of ether oxygens (including phenoxy) is 1. The maximum absolute atomic E-state index is 12.4. The Morgan fingerprint density at radius 1 is 1.24 bits per heavy atom. The van der Waals surface area contributed by atoms with Crippen LogP contribution in [-0.4, -0.2) is 29.5 Å². The van der Waals surface area contributed by atoms with Crippen molar-refractivity contribution in [3.8, 4) is 5.75 Å². The number of para-hydroxylation sites is 1. The van der Waals surface area contributed by atoms with Gasteiger partial charge in [-0.25, -0.2) is 9.97 Å². The van der Waals surface area contributed by atoms with Crippen LogP contribution in [0.5, 0.6) is 5.75 Å². The number of hydrogen-bond donors (Lipinski definition) is 1. The average molecular weight is 341 g/mol. The lowest BCUT2D eigenvalue weighted by molar-refractivity contribution is 0.0945. The quantitative estimate of drug-likeness (QED) is 0.836. The third-order valence-electron chi connectivity index (χ3n) is 4.70. The molecule has 0 bridgehead atoms. The number of carbonyl (C=O) groups is 1. The molecule has 0 unspecified atom stereocenters. The first-order chi connectivity index (χ1) is 11.9. The molecule has 1 N–H and O–H groups in total. The van der Waals surface area contributed by atoms with E-state index in [2.05, 4.69) is 35.2 Å². The summed E-state index contributed by atoms with van der Waals surface area (Å²) in [7, 11) is 1.69. The van der Waals surface area contributed by atoms with Gasteiger partial charge in [0.25, 0.3) is 5.91 Å². The van der Waals surface area contributed by atoms with E-state index in [0.29, 0.717) is 18.1 Å². The number of rotatable bonds is 7. The summed E-state index contributed by atoms with van der Waals surface area (Å²) >= 11 is 0. The monoisotopic (exact) mass is 341 g/mol. The van der Waals surface area contributed by atoms with Crippen LogP contribution in [0.4, 0.5) is 0 Å². The van der Waals surface area contributed by atoms with Gasteiger partial charge in [0.05, 0.1) is 7.11 Å². The van der Waals surface area contributed by atoms with Crippen LogP contribution < -0.4 is 10.1 Å². The standard InChI is InChI=1S/C20H27N3O2/c1-6-20(4,16-9-7-8-10-18(16)25-5)11-12-21-19(24)17-13-14(2)22-15(3)23-17/h7-10,13H,6,11-12H2,1-5H3,(H,21,24)/t20-/m1/s1. The van der Waals surface area contributed by atoms with Gasteiger partial charge in [0.15, 0.2) is 0 Å². The summed E-state index contributed by atoms with van der Waals surface area (Å²) in [5.41, 5.74) is 2.31. The van der Waals surface area contributed by atoms with E-state index in [9.17, 15) is 4.79 Å². The number of carbonyl (C=O) groups excluding carboxylic acids is 1. The van der Waals surface area contributed by atoms with Crippen molar-refractivity contribution in [1.29, 1.82) is 0 Å². The molecule has 1 amide bonds. The predicted octanol–water partition coefficient (Wildman–Crippen LogP) is 3.59. The molecule has 0 spiro atoms.